The van der Waals surface area contributed by atoms with E-state index in [0.29, 0.717) is 26.6 Å². The number of nitrogens with one attached hydrogen (secondary N) is 1. The normalized spacial score (nSPS) is 10.9. The van der Waals surface area contributed by atoms with Gasteiger partial charge in [-0.3, -0.25) is 5.43 Å². The highest BCUT2D eigenvalue weighted by Crippen LogP contribution is 2.31. The lowest BCUT2D eigenvalue weighted by molar-refractivity contribution is 0.284. The maximum atomic E-state index is 6.18. The van der Waals surface area contributed by atoms with E-state index in [1.165, 1.54) is 0 Å². The third-order valence-corrected chi connectivity index (χ3v) is 4.80. The van der Waals surface area contributed by atoms with E-state index in [-0.39, 0.29) is 6.61 Å². The molecule has 3 aromatic rings. The zero-order valence-electron chi connectivity index (χ0n) is 15.0. The molecule has 1 N–H and O–H groups in total. The summed E-state index contributed by atoms with van der Waals surface area (Å²) in [5.41, 5.74) is 5.30. The molecule has 0 unspecified atom stereocenters. The molecule has 0 aliphatic heterocycles. The number of halogens is 3. The number of nitrogens with zero attached hydrogens (tertiary/aromatic N) is 1. The summed E-state index contributed by atoms with van der Waals surface area (Å²) in [6.45, 7) is 0.235. The lowest BCUT2D eigenvalue weighted by Gasteiger charge is -2.13. The number of ether oxygens (including phenoxy) is 2. The number of rotatable bonds is 7. The van der Waals surface area contributed by atoms with E-state index in [1.807, 2.05) is 30.3 Å². The summed E-state index contributed by atoms with van der Waals surface area (Å²) >= 11 is 18.3. The fraction of sp³-hybridized carbons (Fsp3) is 0.0952. The summed E-state index contributed by atoms with van der Waals surface area (Å²) in [6, 6.07) is 18.2. The Morgan fingerprint density at radius 3 is 2.39 bits per heavy atom. The number of methoxy groups -OCH3 is 1. The van der Waals surface area contributed by atoms with Crippen molar-refractivity contribution < 1.29 is 9.47 Å². The predicted molar refractivity (Wildman–Crippen MR) is 116 cm³/mol. The highest BCUT2D eigenvalue weighted by atomic mass is 35.5. The highest BCUT2D eigenvalue weighted by Gasteiger charge is 2.09. The Morgan fingerprint density at radius 1 is 0.929 bits per heavy atom. The van der Waals surface area contributed by atoms with E-state index in [9.17, 15) is 0 Å². The van der Waals surface area contributed by atoms with Crippen LogP contribution in [0.25, 0.3) is 0 Å². The third-order valence-electron chi connectivity index (χ3n) is 3.85. The Labute approximate surface area is 178 Å². The molecule has 0 fully saturated rings. The molecule has 0 heterocycles. The van der Waals surface area contributed by atoms with Crippen LogP contribution in [0.3, 0.4) is 0 Å². The molecule has 0 amide bonds. The van der Waals surface area contributed by atoms with Gasteiger partial charge in [0.25, 0.3) is 0 Å². The van der Waals surface area contributed by atoms with Crippen LogP contribution in [0.4, 0.5) is 5.69 Å². The molecule has 4 nitrogen and oxygen atoms in total. The third kappa shape index (κ3) is 5.32. The van der Waals surface area contributed by atoms with Gasteiger partial charge in [-0.25, -0.2) is 0 Å². The summed E-state index contributed by atoms with van der Waals surface area (Å²) < 4.78 is 11.3. The van der Waals surface area contributed by atoms with Gasteiger partial charge in [-0.2, -0.15) is 5.10 Å². The highest BCUT2D eigenvalue weighted by molar-refractivity contribution is 6.36. The van der Waals surface area contributed by atoms with E-state index in [2.05, 4.69) is 10.5 Å². The minimum absolute atomic E-state index is 0.235. The van der Waals surface area contributed by atoms with Gasteiger partial charge in [-0.1, -0.05) is 46.9 Å². The quantitative estimate of drug-likeness (QED) is 0.332. The second kappa shape index (κ2) is 9.69. The van der Waals surface area contributed by atoms with Gasteiger partial charge >= 0.3 is 0 Å². The number of hydrazone groups is 1. The molecule has 3 aromatic carbocycles. The second-order valence-electron chi connectivity index (χ2n) is 5.78. The van der Waals surface area contributed by atoms with Gasteiger partial charge < -0.3 is 9.47 Å². The Hall–Kier alpha value is -2.40. The van der Waals surface area contributed by atoms with Gasteiger partial charge in [-0.05, 0) is 54.1 Å². The molecule has 3 rings (SSSR count). The molecule has 7 heteroatoms. The van der Waals surface area contributed by atoms with Gasteiger partial charge in [0.05, 0.1) is 19.0 Å². The zero-order chi connectivity index (χ0) is 19.9. The van der Waals surface area contributed by atoms with Gasteiger partial charge in [0.1, 0.15) is 6.61 Å². The fourth-order valence-electron chi connectivity index (χ4n) is 2.44. The number of anilines is 1. The minimum atomic E-state index is 0.235. The molecule has 0 saturated carbocycles. The van der Waals surface area contributed by atoms with Crippen molar-refractivity contribution in [1.82, 2.24) is 0 Å². The number of benzene rings is 3. The lowest BCUT2D eigenvalue weighted by atomic mass is 10.2. The summed E-state index contributed by atoms with van der Waals surface area (Å²) in [6.07, 6.45) is 1.68. The van der Waals surface area contributed by atoms with Crippen molar-refractivity contribution in [3.05, 3.63) is 86.9 Å². The van der Waals surface area contributed by atoms with Gasteiger partial charge in [0, 0.05) is 20.6 Å². The summed E-state index contributed by atoms with van der Waals surface area (Å²) in [7, 11) is 1.58. The summed E-state index contributed by atoms with van der Waals surface area (Å²) in [4.78, 5) is 0. The molecule has 0 saturated heterocycles. The van der Waals surface area contributed by atoms with Crippen LogP contribution in [0.1, 0.15) is 11.1 Å². The van der Waals surface area contributed by atoms with Crippen LogP contribution in [-0.4, -0.2) is 13.3 Å². The first-order chi connectivity index (χ1) is 13.6. The topological polar surface area (TPSA) is 42.8 Å². The van der Waals surface area contributed by atoms with Crippen LogP contribution in [0.15, 0.2) is 65.8 Å². The predicted octanol–water partition coefficient (Wildman–Crippen LogP) is 6.68. The molecule has 0 spiro atoms. The molecule has 0 aromatic heterocycles. The summed E-state index contributed by atoms with van der Waals surface area (Å²) in [5, 5.41) is 5.97. The van der Waals surface area contributed by atoms with Crippen LogP contribution in [-0.2, 0) is 6.61 Å². The van der Waals surface area contributed by atoms with Crippen LogP contribution >= 0.6 is 34.8 Å². The zero-order valence-corrected chi connectivity index (χ0v) is 17.2. The van der Waals surface area contributed by atoms with Crippen molar-refractivity contribution in [3.8, 4) is 11.5 Å². The average Bonchev–Trinajstić information content (AvgIpc) is 2.68. The molecule has 0 aliphatic rings. The molecular formula is C21H17Cl3N2O2. The van der Waals surface area contributed by atoms with Crippen LogP contribution in [0.5, 0.6) is 11.5 Å². The first kappa shape index (κ1) is 20.3. The monoisotopic (exact) mass is 434 g/mol. The van der Waals surface area contributed by atoms with Gasteiger partial charge in [0.15, 0.2) is 11.5 Å². The van der Waals surface area contributed by atoms with Gasteiger partial charge in [-0.15, -0.1) is 0 Å². The SMILES string of the molecule is COc1cc(C=NNc2cccc(Cl)c2)ccc1OCc1c(Cl)cccc1Cl. The van der Waals surface area contributed by atoms with Crippen molar-refractivity contribution in [2.24, 2.45) is 5.10 Å². The molecule has 144 valence electrons. The molecular weight excluding hydrogens is 419 g/mol. The van der Waals surface area contributed by atoms with E-state index in [4.69, 9.17) is 44.3 Å². The van der Waals surface area contributed by atoms with E-state index < -0.39 is 0 Å². The number of hydrogen-bond acceptors (Lipinski definition) is 4. The van der Waals surface area contributed by atoms with Crippen molar-refractivity contribution >= 4 is 46.7 Å². The average molecular weight is 436 g/mol. The van der Waals surface area contributed by atoms with Crippen LogP contribution in [0, 0.1) is 0 Å². The molecule has 0 radical (unpaired) electrons. The maximum Gasteiger partial charge on any atom is 0.161 e. The second-order valence-corrected chi connectivity index (χ2v) is 7.03. The Kier molecular flexibility index (Phi) is 7.04. The van der Waals surface area contributed by atoms with Crippen LogP contribution in [0.2, 0.25) is 15.1 Å². The minimum Gasteiger partial charge on any atom is -0.493 e. The summed E-state index contributed by atoms with van der Waals surface area (Å²) in [5.74, 6) is 1.16. The fourth-order valence-corrected chi connectivity index (χ4v) is 3.14. The molecule has 0 aliphatic carbocycles. The first-order valence-corrected chi connectivity index (χ1v) is 9.48. The Balaban J connectivity index is 1.69. The molecule has 28 heavy (non-hydrogen) atoms. The smallest absolute Gasteiger partial charge is 0.161 e. The van der Waals surface area contributed by atoms with E-state index >= 15 is 0 Å². The number of hydrogen-bond donors (Lipinski definition) is 1. The maximum absolute atomic E-state index is 6.18. The van der Waals surface area contributed by atoms with Crippen molar-refractivity contribution in [2.45, 2.75) is 6.61 Å². The van der Waals surface area contributed by atoms with Crippen molar-refractivity contribution in [2.75, 3.05) is 12.5 Å². The first-order valence-electron chi connectivity index (χ1n) is 8.35. The standard InChI is InChI=1S/C21H17Cl3N2O2/c1-27-21-10-14(12-25-26-16-5-2-4-15(22)11-16)8-9-20(21)28-13-17-18(23)6-3-7-19(17)24/h2-12,26H,13H2,1H3. The lowest BCUT2D eigenvalue weighted by Crippen LogP contribution is -2.00. The van der Waals surface area contributed by atoms with Crippen molar-refractivity contribution in [3.63, 3.8) is 0 Å². The van der Waals surface area contributed by atoms with Crippen molar-refractivity contribution in [1.29, 1.82) is 0 Å². The van der Waals surface area contributed by atoms with Crippen LogP contribution < -0.4 is 14.9 Å². The molecule has 0 atom stereocenters. The molecule has 0 bridgehead atoms. The van der Waals surface area contributed by atoms with Gasteiger partial charge in [0.2, 0.25) is 0 Å². The largest absolute Gasteiger partial charge is 0.493 e. The Morgan fingerprint density at radius 2 is 1.68 bits per heavy atom. The Bertz CT molecular complexity index is 973. The van der Waals surface area contributed by atoms with E-state index in [0.717, 1.165) is 16.8 Å². The van der Waals surface area contributed by atoms with E-state index in [1.54, 1.807) is 43.7 Å².